The van der Waals surface area contributed by atoms with Gasteiger partial charge in [0.2, 0.25) is 10.0 Å². The maximum absolute atomic E-state index is 11.9. The Bertz CT molecular complexity index is 692. The molecule has 0 spiro atoms. The van der Waals surface area contributed by atoms with E-state index < -0.39 is 21.4 Å². The van der Waals surface area contributed by atoms with Gasteiger partial charge in [0.05, 0.1) is 10.3 Å². The zero-order valence-corrected chi connectivity index (χ0v) is 14.1. The van der Waals surface area contributed by atoms with Crippen molar-refractivity contribution in [3.8, 4) is 0 Å². The third-order valence-corrected chi connectivity index (χ3v) is 6.99. The normalized spacial score (nSPS) is 28.5. The van der Waals surface area contributed by atoms with E-state index in [0.717, 1.165) is 18.4 Å². The Kier molecular flexibility index (Phi) is 4.23. The predicted molar refractivity (Wildman–Crippen MR) is 86.7 cm³/mol. The maximum Gasteiger partial charge on any atom is 0.314 e. The first kappa shape index (κ1) is 16.5. The third-order valence-electron chi connectivity index (χ3n) is 5.56. The van der Waals surface area contributed by atoms with Crippen LogP contribution < -0.4 is 4.72 Å². The fourth-order valence-electron chi connectivity index (χ4n) is 4.14. The van der Waals surface area contributed by atoms with Gasteiger partial charge in [0, 0.05) is 0 Å². The molecule has 2 fully saturated rings. The molecule has 2 aliphatic rings. The Balaban J connectivity index is 1.87. The van der Waals surface area contributed by atoms with Crippen molar-refractivity contribution >= 4 is 16.0 Å². The highest BCUT2D eigenvalue weighted by Crippen LogP contribution is 2.60. The zero-order valence-electron chi connectivity index (χ0n) is 13.3. The lowest BCUT2D eigenvalue weighted by Gasteiger charge is -2.24. The quantitative estimate of drug-likeness (QED) is 0.865. The molecule has 0 saturated heterocycles. The molecule has 0 aliphatic heterocycles. The van der Waals surface area contributed by atoms with Crippen LogP contribution in [0.4, 0.5) is 0 Å². The minimum atomic E-state index is -3.49. The summed E-state index contributed by atoms with van der Waals surface area (Å²) in [5.41, 5.74) is -0.0835. The van der Waals surface area contributed by atoms with Crippen molar-refractivity contribution in [3.05, 3.63) is 29.8 Å². The van der Waals surface area contributed by atoms with Crippen LogP contribution in [-0.2, 0) is 20.2 Å². The number of aliphatic carboxylic acids is 1. The molecule has 2 N–H and O–H groups in total. The molecule has 1 aromatic rings. The molecule has 0 radical (unpaired) electrons. The number of sulfonamides is 1. The van der Waals surface area contributed by atoms with E-state index in [0.29, 0.717) is 12.3 Å². The van der Waals surface area contributed by atoms with Crippen LogP contribution >= 0.6 is 0 Å². The highest BCUT2D eigenvalue weighted by molar-refractivity contribution is 7.89. The van der Waals surface area contributed by atoms with Gasteiger partial charge in [-0.1, -0.05) is 44.2 Å². The van der Waals surface area contributed by atoms with Gasteiger partial charge >= 0.3 is 5.97 Å². The number of carboxylic acid groups (broad SMARTS) is 1. The Hall–Kier alpha value is -1.40. The minimum absolute atomic E-state index is 0.166. The Morgan fingerprint density at radius 2 is 1.78 bits per heavy atom. The molecule has 2 unspecified atom stereocenters. The Labute approximate surface area is 137 Å². The Morgan fingerprint density at radius 3 is 2.30 bits per heavy atom. The van der Waals surface area contributed by atoms with Crippen molar-refractivity contribution in [1.29, 1.82) is 0 Å². The largest absolute Gasteiger partial charge is 0.481 e. The van der Waals surface area contributed by atoms with Crippen LogP contribution in [0.15, 0.2) is 29.2 Å². The highest BCUT2D eigenvalue weighted by Gasteiger charge is 2.63. The fraction of sp³-hybridized carbons (Fsp3) is 0.588. The first-order valence-corrected chi connectivity index (χ1v) is 9.67. The van der Waals surface area contributed by atoms with E-state index in [9.17, 15) is 18.3 Å². The molecule has 3 rings (SSSR count). The smallest absolute Gasteiger partial charge is 0.314 e. The number of benzene rings is 1. The number of rotatable bonds is 5. The van der Waals surface area contributed by atoms with Crippen LogP contribution in [0.2, 0.25) is 0 Å². The SMILES string of the molecule is CNS(=O)(=O)c1ccc(C2(C(=O)O)CC2C2CCCCC2)cc1. The van der Waals surface area contributed by atoms with E-state index in [1.54, 1.807) is 12.1 Å². The van der Waals surface area contributed by atoms with Gasteiger partial charge in [0.25, 0.3) is 0 Å². The first-order valence-electron chi connectivity index (χ1n) is 8.19. The van der Waals surface area contributed by atoms with Crippen LogP contribution in [0.25, 0.3) is 0 Å². The molecule has 23 heavy (non-hydrogen) atoms. The molecule has 0 amide bonds. The van der Waals surface area contributed by atoms with Crippen LogP contribution in [-0.4, -0.2) is 26.5 Å². The van der Waals surface area contributed by atoms with E-state index in [-0.39, 0.29) is 10.8 Å². The number of hydrogen-bond acceptors (Lipinski definition) is 3. The van der Waals surface area contributed by atoms with Crippen LogP contribution in [0.1, 0.15) is 44.1 Å². The molecule has 5 nitrogen and oxygen atoms in total. The summed E-state index contributed by atoms with van der Waals surface area (Å²) < 4.78 is 25.9. The fourth-order valence-corrected chi connectivity index (χ4v) is 4.87. The molecular formula is C17H23NO4S. The van der Waals surface area contributed by atoms with Crippen molar-refractivity contribution in [1.82, 2.24) is 4.72 Å². The van der Waals surface area contributed by atoms with E-state index in [2.05, 4.69) is 4.72 Å². The lowest BCUT2D eigenvalue weighted by molar-refractivity contribution is -0.140. The van der Waals surface area contributed by atoms with Crippen LogP contribution in [0.5, 0.6) is 0 Å². The van der Waals surface area contributed by atoms with Crippen molar-refractivity contribution in [2.45, 2.75) is 48.8 Å². The van der Waals surface area contributed by atoms with Crippen molar-refractivity contribution in [2.75, 3.05) is 7.05 Å². The summed E-state index contributed by atoms with van der Waals surface area (Å²) in [4.78, 5) is 12.1. The number of carboxylic acids is 1. The van der Waals surface area contributed by atoms with Gasteiger partial charge in [-0.15, -0.1) is 0 Å². The average Bonchev–Trinajstić information content (AvgIpc) is 3.33. The third kappa shape index (κ3) is 2.78. The summed E-state index contributed by atoms with van der Waals surface area (Å²) in [7, 11) is -2.13. The van der Waals surface area contributed by atoms with Crippen molar-refractivity contribution < 1.29 is 18.3 Å². The second-order valence-electron chi connectivity index (χ2n) is 6.72. The van der Waals surface area contributed by atoms with Crippen LogP contribution in [0.3, 0.4) is 0 Å². The molecule has 2 aliphatic carbocycles. The predicted octanol–water partition coefficient (Wildman–Crippen LogP) is 2.52. The summed E-state index contributed by atoms with van der Waals surface area (Å²) in [5.74, 6) is -0.107. The summed E-state index contributed by atoms with van der Waals surface area (Å²) in [6, 6.07) is 6.34. The van der Waals surface area contributed by atoms with Crippen molar-refractivity contribution in [3.63, 3.8) is 0 Å². The van der Waals surface area contributed by atoms with Crippen LogP contribution in [0, 0.1) is 11.8 Å². The summed E-state index contributed by atoms with van der Waals surface area (Å²) in [6.07, 6.45) is 6.54. The highest BCUT2D eigenvalue weighted by atomic mass is 32.2. The van der Waals surface area contributed by atoms with E-state index in [1.807, 2.05) is 0 Å². The standard InChI is InChI=1S/C17H23NO4S/c1-18-23(21,22)14-9-7-13(8-10-14)17(16(19)20)11-15(17)12-5-3-2-4-6-12/h7-10,12,15,18H,2-6,11H2,1H3,(H,19,20). The topological polar surface area (TPSA) is 83.5 Å². The monoisotopic (exact) mass is 337 g/mol. The maximum atomic E-state index is 11.9. The molecule has 2 atom stereocenters. The van der Waals surface area contributed by atoms with Gasteiger partial charge in [0.1, 0.15) is 0 Å². The second-order valence-corrected chi connectivity index (χ2v) is 8.60. The van der Waals surface area contributed by atoms with E-state index >= 15 is 0 Å². The minimum Gasteiger partial charge on any atom is -0.481 e. The molecule has 0 heterocycles. The Morgan fingerprint density at radius 1 is 1.17 bits per heavy atom. The molecule has 1 aromatic carbocycles. The molecule has 0 aromatic heterocycles. The summed E-state index contributed by atoms with van der Waals surface area (Å²) in [6.45, 7) is 0. The number of hydrogen-bond donors (Lipinski definition) is 2. The van der Waals surface area contributed by atoms with Gasteiger partial charge in [-0.25, -0.2) is 13.1 Å². The molecule has 6 heteroatoms. The first-order chi connectivity index (χ1) is 10.9. The van der Waals surface area contributed by atoms with Crippen molar-refractivity contribution in [2.24, 2.45) is 11.8 Å². The molecule has 0 bridgehead atoms. The summed E-state index contributed by atoms with van der Waals surface area (Å²) in [5, 5.41) is 9.80. The zero-order chi connectivity index (χ0) is 16.7. The molecule has 2 saturated carbocycles. The summed E-state index contributed by atoms with van der Waals surface area (Å²) >= 11 is 0. The number of nitrogens with one attached hydrogen (secondary N) is 1. The molecule has 126 valence electrons. The lowest BCUT2D eigenvalue weighted by atomic mass is 9.80. The lowest BCUT2D eigenvalue weighted by Crippen LogP contribution is -2.26. The van der Waals surface area contributed by atoms with Gasteiger partial charge in [-0.05, 0) is 43.0 Å². The van der Waals surface area contributed by atoms with Gasteiger partial charge in [-0.2, -0.15) is 0 Å². The van der Waals surface area contributed by atoms with E-state index in [1.165, 1.54) is 38.4 Å². The number of carbonyl (C=O) groups is 1. The van der Waals surface area contributed by atoms with Gasteiger partial charge in [0.15, 0.2) is 0 Å². The van der Waals surface area contributed by atoms with E-state index in [4.69, 9.17) is 0 Å². The molecular weight excluding hydrogens is 314 g/mol. The van der Waals surface area contributed by atoms with Gasteiger partial charge in [-0.3, -0.25) is 4.79 Å². The van der Waals surface area contributed by atoms with Gasteiger partial charge < -0.3 is 5.11 Å². The second kappa shape index (κ2) is 5.91. The average molecular weight is 337 g/mol.